The van der Waals surface area contributed by atoms with Crippen LogP contribution in [0.5, 0.6) is 0 Å². The highest BCUT2D eigenvalue weighted by atomic mass is 31.2. The molecule has 11 heteroatoms. The van der Waals surface area contributed by atoms with E-state index in [4.69, 9.17) is 22.8 Å². The topological polar surface area (TPSA) is 116 Å². The zero-order valence-corrected chi connectivity index (χ0v) is 23.0. The van der Waals surface area contributed by atoms with Crippen LogP contribution in [-0.2, 0) is 46.8 Å². The molecule has 0 amide bonds. The lowest BCUT2D eigenvalue weighted by Crippen LogP contribution is -2.55. The second-order valence-electron chi connectivity index (χ2n) is 8.14. The zero-order valence-electron chi connectivity index (χ0n) is 21.2. The van der Waals surface area contributed by atoms with Gasteiger partial charge >= 0.3 is 7.60 Å². The van der Waals surface area contributed by atoms with Gasteiger partial charge in [0, 0.05) is 47.8 Å². The molecule has 9 nitrogen and oxygen atoms in total. The highest BCUT2D eigenvalue weighted by Crippen LogP contribution is 2.46. The third-order valence-electron chi connectivity index (χ3n) is 5.63. The maximum absolute atomic E-state index is 12.5. The van der Waals surface area contributed by atoms with E-state index in [1.54, 1.807) is 14.2 Å². The Morgan fingerprint density at radius 1 is 0.971 bits per heavy atom. The minimum atomic E-state index is -3.12. The summed E-state index contributed by atoms with van der Waals surface area (Å²) < 4.78 is 39.1. The van der Waals surface area contributed by atoms with Gasteiger partial charge in [-0.3, -0.25) is 4.57 Å². The van der Waals surface area contributed by atoms with Crippen LogP contribution in [0.3, 0.4) is 0 Å². The van der Waals surface area contributed by atoms with Crippen molar-refractivity contribution in [3.05, 3.63) is 34.9 Å². The molecule has 0 atom stereocenters. The van der Waals surface area contributed by atoms with Gasteiger partial charge in [-0.15, -0.1) is 0 Å². The molecule has 0 fully saturated rings. The molecule has 0 aliphatic carbocycles. The fourth-order valence-electron chi connectivity index (χ4n) is 3.34. The Balaban J connectivity index is 3.02. The molecule has 0 aliphatic heterocycles. The van der Waals surface area contributed by atoms with Gasteiger partial charge < -0.3 is 38.4 Å². The van der Waals surface area contributed by atoms with Crippen LogP contribution in [0.1, 0.15) is 36.5 Å². The normalized spacial score (nSPS) is 12.6. The van der Waals surface area contributed by atoms with Crippen molar-refractivity contribution in [1.82, 2.24) is 5.32 Å². The molecular weight excluding hydrogens is 480 g/mol. The minimum absolute atomic E-state index is 0.212. The largest absolute Gasteiger partial charge is 0.394 e. The Bertz CT molecular complexity index is 721. The van der Waals surface area contributed by atoms with Crippen LogP contribution < -0.4 is 5.32 Å². The van der Waals surface area contributed by atoms with E-state index in [-0.39, 0.29) is 26.0 Å². The third kappa shape index (κ3) is 11.1. The zero-order chi connectivity index (χ0) is 25.5. The summed E-state index contributed by atoms with van der Waals surface area (Å²) in [6.07, 6.45) is 4.23. The number of hydrogen-bond acceptors (Lipinski definition) is 9. The van der Waals surface area contributed by atoms with Crippen molar-refractivity contribution in [3.63, 3.8) is 0 Å². The van der Waals surface area contributed by atoms with E-state index >= 15 is 0 Å². The third-order valence-corrected chi connectivity index (χ3v) is 8.91. The summed E-state index contributed by atoms with van der Waals surface area (Å²) in [5.41, 5.74) is 2.14. The average molecular weight is 524 g/mol. The number of aliphatic hydroxyl groups is 2. The summed E-state index contributed by atoms with van der Waals surface area (Å²) in [4.78, 5) is 0. The van der Waals surface area contributed by atoms with Crippen molar-refractivity contribution in [1.29, 1.82) is 0 Å². The number of ether oxygens (including phenoxy) is 1. The van der Waals surface area contributed by atoms with Crippen LogP contribution in [-0.4, -0.2) is 82.9 Å². The van der Waals surface area contributed by atoms with E-state index in [1.165, 1.54) is 14.2 Å². The first kappa shape index (κ1) is 31.6. The summed E-state index contributed by atoms with van der Waals surface area (Å²) in [5.74, 6) is 0. The number of unbranched alkanes of at least 4 members (excludes halogenated alkanes) is 1. The molecule has 1 rings (SSSR count). The van der Waals surface area contributed by atoms with Gasteiger partial charge in [0.15, 0.2) is 8.38 Å². The molecule has 0 aliphatic rings. The molecule has 0 saturated heterocycles. The molecule has 0 spiro atoms. The second kappa shape index (κ2) is 17.1. The summed E-state index contributed by atoms with van der Waals surface area (Å²) in [5, 5.41) is 23.2. The Labute approximate surface area is 205 Å². The van der Waals surface area contributed by atoms with E-state index in [0.717, 1.165) is 42.1 Å². The summed E-state index contributed by atoms with van der Waals surface area (Å²) >= 11 is 0. The van der Waals surface area contributed by atoms with Gasteiger partial charge in [-0.1, -0.05) is 31.5 Å². The molecule has 0 unspecified atom stereocenters. The standard InChI is InChI=1S/C23H43NO8P2/c1-6-7-10-32-19-23(17-25,18-26)24-16-22-14-20(8-11-33(28-2)29-3)13-21(15-22)9-12-34(27,30-4)31-5/h13-15,24-26H,6-12,16-19H2,1-5H3. The van der Waals surface area contributed by atoms with Gasteiger partial charge in [-0.2, -0.15) is 0 Å². The first-order valence-corrected chi connectivity index (χ1v) is 14.6. The van der Waals surface area contributed by atoms with Gasteiger partial charge in [0.05, 0.1) is 31.5 Å². The highest BCUT2D eigenvalue weighted by Gasteiger charge is 2.29. The van der Waals surface area contributed by atoms with Gasteiger partial charge in [0.2, 0.25) is 0 Å². The molecule has 1 aromatic rings. The SMILES string of the molecule is CCCCOCC(CO)(CO)NCc1cc(CCP(OC)OC)cc(CCP(=O)(OC)OC)c1. The second-order valence-corrected chi connectivity index (χ2v) is 12.4. The molecule has 0 saturated carbocycles. The molecule has 0 radical (unpaired) electrons. The van der Waals surface area contributed by atoms with E-state index < -0.39 is 21.5 Å². The van der Waals surface area contributed by atoms with Crippen molar-refractivity contribution in [2.45, 2.75) is 44.7 Å². The fraction of sp³-hybridized carbons (Fsp3) is 0.739. The summed E-state index contributed by atoms with van der Waals surface area (Å²) in [6, 6.07) is 6.19. The first-order chi connectivity index (χ1) is 16.3. The van der Waals surface area contributed by atoms with Crippen molar-refractivity contribution in [2.24, 2.45) is 0 Å². The van der Waals surface area contributed by atoms with E-state index in [2.05, 4.69) is 24.4 Å². The lowest BCUT2D eigenvalue weighted by Gasteiger charge is -2.31. The highest BCUT2D eigenvalue weighted by molar-refractivity contribution is 7.53. The van der Waals surface area contributed by atoms with Crippen molar-refractivity contribution < 1.29 is 37.6 Å². The van der Waals surface area contributed by atoms with Crippen molar-refractivity contribution in [3.8, 4) is 0 Å². The Morgan fingerprint density at radius 2 is 1.56 bits per heavy atom. The maximum atomic E-state index is 12.5. The van der Waals surface area contributed by atoms with E-state index in [9.17, 15) is 14.8 Å². The number of aryl methyl sites for hydroxylation is 2. The monoisotopic (exact) mass is 523 g/mol. The van der Waals surface area contributed by atoms with Crippen LogP contribution in [0.15, 0.2) is 18.2 Å². The molecule has 198 valence electrons. The molecular formula is C23H43NO8P2. The predicted octanol–water partition coefficient (Wildman–Crippen LogP) is 3.49. The molecule has 1 aromatic carbocycles. The van der Waals surface area contributed by atoms with Crippen LogP contribution in [0.25, 0.3) is 0 Å². The van der Waals surface area contributed by atoms with Crippen LogP contribution in [0.4, 0.5) is 0 Å². The molecule has 0 heterocycles. The summed E-state index contributed by atoms with van der Waals surface area (Å²) in [6.45, 7) is 2.80. The number of aliphatic hydroxyl groups excluding tert-OH is 2. The quantitative estimate of drug-likeness (QED) is 0.174. The fourth-order valence-corrected chi connectivity index (χ4v) is 5.34. The first-order valence-electron chi connectivity index (χ1n) is 11.6. The van der Waals surface area contributed by atoms with E-state index in [0.29, 0.717) is 19.6 Å². The predicted molar refractivity (Wildman–Crippen MR) is 136 cm³/mol. The number of benzene rings is 1. The van der Waals surface area contributed by atoms with Gasteiger partial charge in [-0.25, -0.2) is 0 Å². The Hall–Kier alpha value is -0.440. The maximum Gasteiger partial charge on any atom is 0.330 e. The Morgan fingerprint density at radius 3 is 2.09 bits per heavy atom. The van der Waals surface area contributed by atoms with Gasteiger partial charge in [0.1, 0.15) is 0 Å². The lowest BCUT2D eigenvalue weighted by atomic mass is 9.99. The smallest absolute Gasteiger partial charge is 0.330 e. The molecule has 34 heavy (non-hydrogen) atoms. The van der Waals surface area contributed by atoms with Crippen molar-refractivity contribution >= 4 is 16.0 Å². The van der Waals surface area contributed by atoms with Crippen LogP contribution in [0.2, 0.25) is 0 Å². The molecule has 3 N–H and O–H groups in total. The van der Waals surface area contributed by atoms with Crippen molar-refractivity contribution in [2.75, 3.05) is 67.2 Å². The van der Waals surface area contributed by atoms with Crippen LogP contribution in [0, 0.1) is 0 Å². The minimum Gasteiger partial charge on any atom is -0.394 e. The molecule has 0 bridgehead atoms. The van der Waals surface area contributed by atoms with E-state index in [1.807, 2.05) is 6.07 Å². The number of hydrogen-bond donors (Lipinski definition) is 3. The Kier molecular flexibility index (Phi) is 15.9. The number of nitrogens with one attached hydrogen (secondary N) is 1. The lowest BCUT2D eigenvalue weighted by molar-refractivity contribution is 0.00281. The van der Waals surface area contributed by atoms with Gasteiger partial charge in [0.25, 0.3) is 0 Å². The molecule has 0 aromatic heterocycles. The summed E-state index contributed by atoms with van der Waals surface area (Å²) in [7, 11) is 1.98. The van der Waals surface area contributed by atoms with Crippen LogP contribution >= 0.6 is 16.0 Å². The average Bonchev–Trinajstić information content (AvgIpc) is 2.88. The number of rotatable bonds is 20. The van der Waals surface area contributed by atoms with Gasteiger partial charge in [-0.05, 0) is 36.0 Å².